The van der Waals surface area contributed by atoms with E-state index in [1.54, 1.807) is 0 Å². The van der Waals surface area contributed by atoms with Gasteiger partial charge < -0.3 is 10.1 Å². The first kappa shape index (κ1) is 11.4. The van der Waals surface area contributed by atoms with Gasteiger partial charge in [0.25, 0.3) is 0 Å². The number of hydrogen-bond acceptors (Lipinski definition) is 4. The summed E-state index contributed by atoms with van der Waals surface area (Å²) in [5, 5.41) is 3.39. The van der Waals surface area contributed by atoms with E-state index in [2.05, 4.69) is 5.32 Å². The summed E-state index contributed by atoms with van der Waals surface area (Å²) in [6.45, 7) is 1.73. The molecule has 5 heteroatoms. The van der Waals surface area contributed by atoms with Crippen LogP contribution in [0.1, 0.15) is 25.7 Å². The van der Waals surface area contributed by atoms with Crippen molar-refractivity contribution in [2.75, 3.05) is 24.7 Å². The Bertz CT molecular complexity index is 296. The molecule has 2 saturated heterocycles. The van der Waals surface area contributed by atoms with Crippen LogP contribution in [0, 0.1) is 0 Å². The van der Waals surface area contributed by atoms with Crippen molar-refractivity contribution < 1.29 is 13.2 Å². The van der Waals surface area contributed by atoms with E-state index in [4.69, 9.17) is 4.74 Å². The van der Waals surface area contributed by atoms with Gasteiger partial charge in [0.05, 0.1) is 24.2 Å². The molecule has 0 radical (unpaired) electrons. The lowest BCUT2D eigenvalue weighted by Gasteiger charge is -2.24. The molecule has 0 aromatic carbocycles. The molecule has 0 amide bonds. The van der Waals surface area contributed by atoms with Gasteiger partial charge in [-0.1, -0.05) is 6.42 Å². The summed E-state index contributed by atoms with van der Waals surface area (Å²) >= 11 is 0. The summed E-state index contributed by atoms with van der Waals surface area (Å²) < 4.78 is 28.0. The number of sulfone groups is 1. The third kappa shape index (κ3) is 3.43. The van der Waals surface area contributed by atoms with Gasteiger partial charge in [-0.3, -0.25) is 0 Å². The molecule has 88 valence electrons. The second kappa shape index (κ2) is 4.80. The molecule has 0 spiro atoms. The molecule has 2 aliphatic rings. The van der Waals surface area contributed by atoms with Crippen LogP contribution in [0.15, 0.2) is 0 Å². The van der Waals surface area contributed by atoms with Gasteiger partial charge in [-0.2, -0.15) is 0 Å². The lowest BCUT2D eigenvalue weighted by Crippen LogP contribution is -2.38. The van der Waals surface area contributed by atoms with Crippen LogP contribution in [0.2, 0.25) is 0 Å². The van der Waals surface area contributed by atoms with Crippen LogP contribution in [0.4, 0.5) is 0 Å². The van der Waals surface area contributed by atoms with E-state index in [9.17, 15) is 8.42 Å². The number of piperidine rings is 1. The Hall–Kier alpha value is -0.130. The van der Waals surface area contributed by atoms with E-state index >= 15 is 0 Å². The van der Waals surface area contributed by atoms with E-state index in [0.717, 1.165) is 13.0 Å². The molecule has 2 aliphatic heterocycles. The molecule has 2 rings (SSSR count). The molecule has 0 aromatic heterocycles. The summed E-state index contributed by atoms with van der Waals surface area (Å²) in [6.07, 6.45) is 4.27. The maximum Gasteiger partial charge on any atom is 0.152 e. The van der Waals surface area contributed by atoms with E-state index in [-0.39, 0.29) is 11.9 Å². The molecule has 2 fully saturated rings. The lowest BCUT2D eigenvalue weighted by atomic mass is 10.1. The monoisotopic (exact) mass is 233 g/mol. The minimum atomic E-state index is -2.79. The molecule has 0 bridgehead atoms. The Kier molecular flexibility index (Phi) is 3.64. The highest BCUT2D eigenvalue weighted by Gasteiger charge is 2.29. The Morgan fingerprint density at radius 3 is 2.73 bits per heavy atom. The molecule has 2 unspecified atom stereocenters. The first-order valence-electron chi connectivity index (χ1n) is 5.71. The largest absolute Gasteiger partial charge is 0.376 e. The quantitative estimate of drug-likeness (QED) is 0.763. The van der Waals surface area contributed by atoms with Crippen molar-refractivity contribution in [2.45, 2.75) is 37.8 Å². The third-order valence-corrected chi connectivity index (χ3v) is 4.87. The zero-order chi connectivity index (χ0) is 10.7. The first-order valence-corrected chi connectivity index (χ1v) is 7.53. The molecule has 2 atom stereocenters. The lowest BCUT2D eigenvalue weighted by molar-refractivity contribution is 0.0491. The van der Waals surface area contributed by atoms with Crippen LogP contribution < -0.4 is 5.32 Å². The second-order valence-corrected chi connectivity index (χ2v) is 6.73. The molecule has 0 saturated carbocycles. The van der Waals surface area contributed by atoms with Gasteiger partial charge in [0.2, 0.25) is 0 Å². The van der Waals surface area contributed by atoms with Gasteiger partial charge in [-0.25, -0.2) is 8.42 Å². The summed E-state index contributed by atoms with van der Waals surface area (Å²) in [5.41, 5.74) is 0. The van der Waals surface area contributed by atoms with Crippen molar-refractivity contribution >= 4 is 9.84 Å². The highest BCUT2D eigenvalue weighted by molar-refractivity contribution is 7.91. The fourth-order valence-electron chi connectivity index (χ4n) is 2.21. The second-order valence-electron chi connectivity index (χ2n) is 4.51. The normalized spacial score (nSPS) is 35.5. The van der Waals surface area contributed by atoms with Crippen molar-refractivity contribution in [3.8, 4) is 0 Å². The van der Waals surface area contributed by atoms with Gasteiger partial charge in [-0.15, -0.1) is 0 Å². The Morgan fingerprint density at radius 1 is 1.27 bits per heavy atom. The minimum Gasteiger partial charge on any atom is -0.376 e. The van der Waals surface area contributed by atoms with Crippen molar-refractivity contribution in [3.63, 3.8) is 0 Å². The predicted octanol–water partition coefficient (Wildman–Crippen LogP) is 0.332. The fraction of sp³-hybridized carbons (Fsp3) is 1.00. The highest BCUT2D eigenvalue weighted by Crippen LogP contribution is 2.16. The smallest absolute Gasteiger partial charge is 0.152 e. The van der Waals surface area contributed by atoms with E-state index in [1.165, 1.54) is 12.8 Å². The Morgan fingerprint density at radius 2 is 2.13 bits per heavy atom. The zero-order valence-electron chi connectivity index (χ0n) is 8.94. The number of nitrogens with one attached hydrogen (secondary N) is 1. The van der Waals surface area contributed by atoms with Crippen molar-refractivity contribution in [1.82, 2.24) is 5.32 Å². The highest BCUT2D eigenvalue weighted by atomic mass is 32.2. The van der Waals surface area contributed by atoms with Crippen molar-refractivity contribution in [3.05, 3.63) is 0 Å². The van der Waals surface area contributed by atoms with Crippen LogP contribution in [0.25, 0.3) is 0 Å². The van der Waals surface area contributed by atoms with Crippen molar-refractivity contribution in [1.29, 1.82) is 0 Å². The molecular weight excluding hydrogens is 214 g/mol. The van der Waals surface area contributed by atoms with Crippen LogP contribution in [-0.2, 0) is 14.6 Å². The van der Waals surface area contributed by atoms with Gasteiger partial charge >= 0.3 is 0 Å². The summed E-state index contributed by atoms with van der Waals surface area (Å²) in [6, 6.07) is 0.432. The van der Waals surface area contributed by atoms with Crippen LogP contribution in [0.5, 0.6) is 0 Å². The maximum absolute atomic E-state index is 11.2. The molecule has 4 nitrogen and oxygen atoms in total. The average Bonchev–Trinajstić information content (AvgIpc) is 2.57. The van der Waals surface area contributed by atoms with E-state index < -0.39 is 9.84 Å². The van der Waals surface area contributed by atoms with Gasteiger partial charge in [0.1, 0.15) is 0 Å². The van der Waals surface area contributed by atoms with Crippen LogP contribution in [0.3, 0.4) is 0 Å². The van der Waals surface area contributed by atoms with Gasteiger partial charge in [0.15, 0.2) is 9.84 Å². The molecule has 0 aliphatic carbocycles. The Labute approximate surface area is 91.3 Å². The number of hydrogen-bond donors (Lipinski definition) is 1. The van der Waals surface area contributed by atoms with Crippen LogP contribution >= 0.6 is 0 Å². The standard InChI is InChI=1S/C10H19NO3S/c12-15(13)6-4-10(8-15)14-7-9-3-1-2-5-11-9/h9-11H,1-8H2. The molecular formula is C10H19NO3S. The molecule has 1 N–H and O–H groups in total. The summed E-state index contributed by atoms with van der Waals surface area (Å²) in [4.78, 5) is 0. The van der Waals surface area contributed by atoms with Crippen LogP contribution in [-0.4, -0.2) is 45.2 Å². The molecule has 0 aromatic rings. The first-order chi connectivity index (χ1) is 7.16. The minimum absolute atomic E-state index is 0.0567. The predicted molar refractivity (Wildman–Crippen MR) is 58.7 cm³/mol. The molecule has 2 heterocycles. The molecule has 15 heavy (non-hydrogen) atoms. The van der Waals surface area contributed by atoms with E-state index in [1.807, 2.05) is 0 Å². The van der Waals surface area contributed by atoms with E-state index in [0.29, 0.717) is 24.8 Å². The summed E-state index contributed by atoms with van der Waals surface area (Å²) in [5.74, 6) is 0.523. The topological polar surface area (TPSA) is 55.4 Å². The van der Waals surface area contributed by atoms with Gasteiger partial charge in [-0.05, 0) is 25.8 Å². The average molecular weight is 233 g/mol. The zero-order valence-corrected chi connectivity index (χ0v) is 9.76. The third-order valence-electron chi connectivity index (χ3n) is 3.14. The number of rotatable bonds is 3. The summed E-state index contributed by atoms with van der Waals surface area (Å²) in [7, 11) is -2.79. The Balaban J connectivity index is 1.70. The SMILES string of the molecule is O=S1(=O)CCC(OCC2CCCCN2)C1. The fourth-order valence-corrected chi connectivity index (χ4v) is 3.83. The maximum atomic E-state index is 11.2. The van der Waals surface area contributed by atoms with Crippen molar-refractivity contribution in [2.24, 2.45) is 0 Å². The van der Waals surface area contributed by atoms with Gasteiger partial charge in [0, 0.05) is 6.04 Å². The number of ether oxygens (including phenoxy) is 1.